The van der Waals surface area contributed by atoms with Crippen LogP contribution in [0, 0.1) is 5.82 Å². The van der Waals surface area contributed by atoms with E-state index >= 15 is 0 Å². The van der Waals surface area contributed by atoms with E-state index in [-0.39, 0.29) is 27.0 Å². The highest BCUT2D eigenvalue weighted by Crippen LogP contribution is 2.32. The number of benzene rings is 3. The van der Waals surface area contributed by atoms with Gasteiger partial charge < -0.3 is 0 Å². The molecule has 9 nitrogen and oxygen atoms in total. The Morgan fingerprint density at radius 1 is 0.917 bits per heavy atom. The minimum atomic E-state index is -4.39. The van der Waals surface area contributed by atoms with Crippen molar-refractivity contribution in [2.24, 2.45) is 5.14 Å². The molecule has 3 aromatic rings. The van der Waals surface area contributed by atoms with E-state index in [4.69, 9.17) is 16.7 Å². The molecule has 1 aliphatic heterocycles. The Morgan fingerprint density at radius 3 is 2.08 bits per heavy atom. The van der Waals surface area contributed by atoms with Gasteiger partial charge in [-0.05, 0) is 60.2 Å². The average Bonchev–Trinajstić information content (AvgIpc) is 3.11. The van der Waals surface area contributed by atoms with Crippen LogP contribution >= 0.6 is 11.6 Å². The van der Waals surface area contributed by atoms with Gasteiger partial charge in [0.05, 0.1) is 21.9 Å². The number of halogens is 2. The highest BCUT2D eigenvalue weighted by atomic mass is 35.5. The van der Waals surface area contributed by atoms with Gasteiger partial charge in [-0.15, -0.1) is 0 Å². The molecule has 1 aliphatic rings. The third kappa shape index (κ3) is 5.04. The first-order chi connectivity index (χ1) is 16.9. The lowest BCUT2D eigenvalue weighted by Crippen LogP contribution is -2.45. The maximum atomic E-state index is 13.6. The summed E-state index contributed by atoms with van der Waals surface area (Å²) in [6, 6.07) is 13.8. The lowest BCUT2D eigenvalue weighted by atomic mass is 10.2. The van der Waals surface area contributed by atoms with Crippen LogP contribution < -0.4 is 10.0 Å². The van der Waals surface area contributed by atoms with E-state index in [1.807, 2.05) is 0 Å². The molecule has 36 heavy (non-hydrogen) atoms. The van der Waals surface area contributed by atoms with Gasteiger partial charge in [-0.3, -0.25) is 9.59 Å². The van der Waals surface area contributed by atoms with Crippen molar-refractivity contribution in [2.75, 3.05) is 4.90 Å². The second-order valence-corrected chi connectivity index (χ2v) is 11.8. The van der Waals surface area contributed by atoms with Gasteiger partial charge in [-0.1, -0.05) is 29.8 Å². The fraction of sp³-hybridized carbons (Fsp3) is 0.130. The van der Waals surface area contributed by atoms with Crippen LogP contribution in [0.25, 0.3) is 0 Å². The van der Waals surface area contributed by atoms with Crippen LogP contribution in [0.3, 0.4) is 0 Å². The summed E-state index contributed by atoms with van der Waals surface area (Å²) < 4.78 is 64.6. The molecule has 0 spiro atoms. The summed E-state index contributed by atoms with van der Waals surface area (Å²) in [4.78, 5) is 26.6. The van der Waals surface area contributed by atoms with E-state index in [1.165, 1.54) is 12.1 Å². The fourth-order valence-corrected chi connectivity index (χ4v) is 6.07. The van der Waals surface area contributed by atoms with Crippen molar-refractivity contribution >= 4 is 49.1 Å². The van der Waals surface area contributed by atoms with Gasteiger partial charge in [0.2, 0.25) is 26.0 Å². The van der Waals surface area contributed by atoms with Crippen LogP contribution in [-0.4, -0.2) is 39.0 Å². The van der Waals surface area contributed by atoms with E-state index in [1.54, 1.807) is 24.3 Å². The predicted molar refractivity (Wildman–Crippen MR) is 129 cm³/mol. The molecule has 188 valence electrons. The molecule has 4 rings (SSSR count). The Hall–Kier alpha value is -3.16. The van der Waals surface area contributed by atoms with E-state index in [0.717, 1.165) is 45.6 Å². The van der Waals surface area contributed by atoms with Crippen LogP contribution in [0.4, 0.5) is 10.1 Å². The second kappa shape index (κ2) is 9.71. The Morgan fingerprint density at radius 2 is 1.50 bits per heavy atom. The molecule has 2 amide bonds. The van der Waals surface area contributed by atoms with Gasteiger partial charge in [0.15, 0.2) is 0 Å². The number of nitrogens with zero attached hydrogens (tertiary/aromatic N) is 2. The Labute approximate surface area is 212 Å². The number of hydrogen-bond acceptors (Lipinski definition) is 6. The first kappa shape index (κ1) is 25.9. The molecule has 0 bridgehead atoms. The van der Waals surface area contributed by atoms with E-state index in [9.17, 15) is 30.8 Å². The highest BCUT2D eigenvalue weighted by Gasteiger charge is 2.47. The van der Waals surface area contributed by atoms with Crippen molar-refractivity contribution in [3.8, 4) is 0 Å². The molecule has 0 saturated carbocycles. The summed E-state index contributed by atoms with van der Waals surface area (Å²) in [6.07, 6.45) is -0.472. The molecule has 1 fully saturated rings. The predicted octanol–water partition coefficient (Wildman–Crippen LogP) is 2.65. The lowest BCUT2D eigenvalue weighted by molar-refractivity contribution is -0.122. The molecule has 1 unspecified atom stereocenters. The molecule has 13 heteroatoms. The largest absolute Gasteiger partial charge is 0.274 e. The van der Waals surface area contributed by atoms with Crippen molar-refractivity contribution in [2.45, 2.75) is 28.8 Å². The number of rotatable bonds is 7. The smallest absolute Gasteiger partial charge is 0.252 e. The first-order valence-electron chi connectivity index (χ1n) is 10.4. The third-order valence-corrected chi connectivity index (χ3v) is 8.77. The molecule has 1 atom stereocenters. The zero-order valence-electron chi connectivity index (χ0n) is 18.4. The molecule has 0 aliphatic carbocycles. The SMILES string of the molecule is NS(=O)(=O)c1ccc(N2C(=O)CC(N(Cc3ccccc3Cl)S(=O)(=O)c3ccc(F)cc3)C2=O)cc1. The summed E-state index contributed by atoms with van der Waals surface area (Å²) in [5.41, 5.74) is 0.442. The van der Waals surface area contributed by atoms with Crippen LogP contribution in [0.15, 0.2) is 82.6 Å². The second-order valence-electron chi connectivity index (χ2n) is 7.92. The van der Waals surface area contributed by atoms with Gasteiger partial charge in [0.25, 0.3) is 5.91 Å². The summed E-state index contributed by atoms with van der Waals surface area (Å²) >= 11 is 6.24. The molecule has 1 heterocycles. The zero-order chi connectivity index (χ0) is 26.3. The summed E-state index contributed by atoms with van der Waals surface area (Å²) in [6.45, 7) is -0.332. The quantitative estimate of drug-likeness (QED) is 0.448. The Bertz CT molecular complexity index is 1550. The molecule has 0 aromatic heterocycles. The summed E-state index contributed by atoms with van der Waals surface area (Å²) in [5, 5.41) is 5.35. The number of imide groups is 1. The summed E-state index contributed by atoms with van der Waals surface area (Å²) in [5.74, 6) is -2.17. The number of sulfonamides is 2. The summed E-state index contributed by atoms with van der Waals surface area (Å²) in [7, 11) is -8.39. The van der Waals surface area contributed by atoms with E-state index < -0.39 is 50.1 Å². The molecular weight excluding hydrogens is 533 g/mol. The van der Waals surface area contributed by atoms with Gasteiger partial charge in [-0.25, -0.2) is 31.3 Å². The Balaban J connectivity index is 1.75. The molecule has 0 radical (unpaired) electrons. The third-order valence-electron chi connectivity index (χ3n) is 5.60. The average molecular weight is 552 g/mol. The van der Waals surface area contributed by atoms with E-state index in [2.05, 4.69) is 0 Å². The highest BCUT2D eigenvalue weighted by molar-refractivity contribution is 7.89. The topological polar surface area (TPSA) is 135 Å². The van der Waals surface area contributed by atoms with Crippen molar-refractivity contribution in [3.63, 3.8) is 0 Å². The number of carbonyl (C=O) groups excluding carboxylic acids is 2. The van der Waals surface area contributed by atoms with Gasteiger partial charge in [0.1, 0.15) is 11.9 Å². The molecule has 3 aromatic carbocycles. The van der Waals surface area contributed by atoms with Gasteiger partial charge in [0, 0.05) is 11.6 Å². The van der Waals surface area contributed by atoms with Gasteiger partial charge >= 0.3 is 0 Å². The van der Waals surface area contributed by atoms with Crippen LogP contribution in [0.1, 0.15) is 12.0 Å². The maximum Gasteiger partial charge on any atom is 0.252 e. The minimum Gasteiger partial charge on any atom is -0.274 e. The molecule has 2 N–H and O–H groups in total. The van der Waals surface area contributed by atoms with Gasteiger partial charge in [-0.2, -0.15) is 4.31 Å². The number of amides is 2. The number of hydrogen-bond donors (Lipinski definition) is 1. The minimum absolute atomic E-state index is 0.0526. The number of primary sulfonamides is 1. The monoisotopic (exact) mass is 551 g/mol. The van der Waals surface area contributed by atoms with Crippen LogP contribution in [-0.2, 0) is 36.2 Å². The molecular formula is C23H19ClFN3O6S2. The van der Waals surface area contributed by atoms with E-state index in [0.29, 0.717) is 5.56 Å². The zero-order valence-corrected chi connectivity index (χ0v) is 20.8. The number of nitrogens with two attached hydrogens (primary N) is 1. The van der Waals surface area contributed by atoms with Crippen LogP contribution in [0.2, 0.25) is 5.02 Å². The Kier molecular flexibility index (Phi) is 6.99. The molecule has 1 saturated heterocycles. The fourth-order valence-electron chi connectivity index (χ4n) is 3.80. The number of anilines is 1. The standard InChI is InChI=1S/C23H19ClFN3O6S2/c24-20-4-2-1-3-15(20)14-27(36(33,34)19-9-5-16(25)6-10-19)21-13-22(29)28(23(21)30)17-7-11-18(12-8-17)35(26,31)32/h1-12,21H,13-14H2,(H2,26,31,32). The lowest BCUT2D eigenvalue weighted by Gasteiger charge is -2.27. The first-order valence-corrected chi connectivity index (χ1v) is 13.8. The maximum absolute atomic E-state index is 13.6. The number of carbonyl (C=O) groups is 2. The van der Waals surface area contributed by atoms with Crippen molar-refractivity contribution in [1.29, 1.82) is 0 Å². The van der Waals surface area contributed by atoms with Crippen LogP contribution in [0.5, 0.6) is 0 Å². The normalized spacial score (nSPS) is 16.7. The van der Waals surface area contributed by atoms with Crippen molar-refractivity contribution in [1.82, 2.24) is 4.31 Å². The van der Waals surface area contributed by atoms with Crippen molar-refractivity contribution in [3.05, 3.63) is 89.2 Å². The van der Waals surface area contributed by atoms with Crippen molar-refractivity contribution < 1.29 is 30.8 Å².